The molecule has 0 radical (unpaired) electrons. The minimum Gasteiger partial charge on any atom is -0.383 e. The molecule has 5 heteroatoms. The van der Waals surface area contributed by atoms with Crippen LogP contribution in [0, 0.1) is 5.41 Å². The largest absolute Gasteiger partial charge is 0.383 e. The van der Waals surface area contributed by atoms with E-state index in [1.54, 1.807) is 0 Å². The first kappa shape index (κ1) is 15.6. The number of hydrogen-bond acceptors (Lipinski definition) is 2. The predicted molar refractivity (Wildman–Crippen MR) is 90.7 cm³/mol. The molecule has 20 heavy (non-hydrogen) atoms. The van der Waals surface area contributed by atoms with Crippen molar-refractivity contribution >= 4 is 37.7 Å². The highest BCUT2D eigenvalue weighted by Gasteiger charge is 2.19. The van der Waals surface area contributed by atoms with Crippen LogP contribution < -0.4 is 5.73 Å². The van der Waals surface area contributed by atoms with Crippen molar-refractivity contribution in [2.45, 2.75) is 33.7 Å². The van der Waals surface area contributed by atoms with Gasteiger partial charge in [-0.2, -0.15) is 5.10 Å². The summed E-state index contributed by atoms with van der Waals surface area (Å²) in [6.45, 7) is 7.28. The summed E-state index contributed by atoms with van der Waals surface area (Å²) in [5.74, 6) is 0.687. The summed E-state index contributed by atoms with van der Waals surface area (Å²) in [6.07, 6.45) is 0.894. The van der Waals surface area contributed by atoms with Gasteiger partial charge in [-0.05, 0) is 45.5 Å². The molecule has 2 aromatic rings. The van der Waals surface area contributed by atoms with Crippen LogP contribution in [0.3, 0.4) is 0 Å². The molecule has 0 amide bonds. The number of anilines is 1. The molecule has 0 spiro atoms. The van der Waals surface area contributed by atoms with E-state index >= 15 is 0 Å². The Bertz CT molecular complexity index is 595. The molecule has 0 saturated carbocycles. The van der Waals surface area contributed by atoms with E-state index in [1.807, 2.05) is 16.8 Å². The van der Waals surface area contributed by atoms with Crippen LogP contribution in [0.1, 0.15) is 32.0 Å². The van der Waals surface area contributed by atoms with E-state index in [1.165, 1.54) is 5.56 Å². The first-order chi connectivity index (χ1) is 9.26. The molecule has 2 rings (SSSR count). The van der Waals surface area contributed by atoms with Crippen molar-refractivity contribution in [2.24, 2.45) is 5.41 Å². The molecule has 0 aliphatic carbocycles. The standard InChI is InChI=1S/C15H19Br2N3/c1-15(2,3)8-12-13(17)14(18)20(19-12)9-10-4-6-11(16)7-5-10/h4-7H,8-9,18H2,1-3H3. The highest BCUT2D eigenvalue weighted by molar-refractivity contribution is 9.11. The van der Waals surface area contributed by atoms with Crippen molar-refractivity contribution in [3.63, 3.8) is 0 Å². The summed E-state index contributed by atoms with van der Waals surface area (Å²) in [5.41, 5.74) is 8.53. The highest BCUT2D eigenvalue weighted by Crippen LogP contribution is 2.30. The second-order valence-corrected chi connectivity index (χ2v) is 7.88. The number of nitrogen functional groups attached to an aromatic ring is 1. The van der Waals surface area contributed by atoms with Gasteiger partial charge < -0.3 is 5.73 Å². The van der Waals surface area contributed by atoms with Gasteiger partial charge in [0.1, 0.15) is 5.82 Å². The van der Waals surface area contributed by atoms with Gasteiger partial charge >= 0.3 is 0 Å². The van der Waals surface area contributed by atoms with Crippen LogP contribution >= 0.6 is 31.9 Å². The Morgan fingerprint density at radius 3 is 2.30 bits per heavy atom. The van der Waals surface area contributed by atoms with E-state index in [0.29, 0.717) is 12.4 Å². The van der Waals surface area contributed by atoms with E-state index in [2.05, 4.69) is 69.9 Å². The van der Waals surface area contributed by atoms with Crippen LogP contribution in [0.25, 0.3) is 0 Å². The van der Waals surface area contributed by atoms with Crippen molar-refractivity contribution in [1.29, 1.82) is 0 Å². The zero-order valence-corrected chi connectivity index (χ0v) is 15.1. The number of aromatic nitrogens is 2. The van der Waals surface area contributed by atoms with E-state index in [4.69, 9.17) is 5.73 Å². The lowest BCUT2D eigenvalue weighted by atomic mass is 9.91. The molecular weight excluding hydrogens is 382 g/mol. The van der Waals surface area contributed by atoms with Crippen LogP contribution in [0.5, 0.6) is 0 Å². The summed E-state index contributed by atoms with van der Waals surface area (Å²) in [5, 5.41) is 4.65. The van der Waals surface area contributed by atoms with E-state index in [-0.39, 0.29) is 5.41 Å². The molecular formula is C15H19Br2N3. The summed E-state index contributed by atoms with van der Waals surface area (Å²) in [6, 6.07) is 8.20. The average Bonchev–Trinajstić information content (AvgIpc) is 2.59. The molecule has 3 nitrogen and oxygen atoms in total. The molecule has 0 unspecified atom stereocenters. The minimum absolute atomic E-state index is 0.186. The van der Waals surface area contributed by atoms with Crippen molar-refractivity contribution in [2.75, 3.05) is 5.73 Å². The average molecular weight is 401 g/mol. The van der Waals surface area contributed by atoms with Crippen LogP contribution in [0.15, 0.2) is 33.2 Å². The van der Waals surface area contributed by atoms with Crippen LogP contribution in [0.4, 0.5) is 5.82 Å². The van der Waals surface area contributed by atoms with Gasteiger partial charge in [0.2, 0.25) is 0 Å². The molecule has 1 aromatic carbocycles. The fourth-order valence-corrected chi connectivity index (χ4v) is 2.69. The van der Waals surface area contributed by atoms with Crippen molar-refractivity contribution < 1.29 is 0 Å². The van der Waals surface area contributed by atoms with Crippen LogP contribution in [-0.2, 0) is 13.0 Å². The number of benzene rings is 1. The Labute approximate surface area is 136 Å². The number of nitrogens with zero attached hydrogens (tertiary/aromatic N) is 2. The lowest BCUT2D eigenvalue weighted by Gasteiger charge is -2.16. The Morgan fingerprint density at radius 2 is 1.75 bits per heavy atom. The third-order valence-corrected chi connectivity index (χ3v) is 4.33. The van der Waals surface area contributed by atoms with E-state index in [9.17, 15) is 0 Å². The van der Waals surface area contributed by atoms with Gasteiger partial charge in [-0.15, -0.1) is 0 Å². The van der Waals surface area contributed by atoms with E-state index < -0.39 is 0 Å². The number of rotatable bonds is 3. The number of hydrogen-bond donors (Lipinski definition) is 1. The lowest BCUT2D eigenvalue weighted by molar-refractivity contribution is 0.403. The van der Waals surface area contributed by atoms with Crippen LogP contribution in [0.2, 0.25) is 0 Å². The van der Waals surface area contributed by atoms with Gasteiger partial charge in [-0.25, -0.2) is 4.68 Å². The molecule has 2 N–H and O–H groups in total. The Hall–Kier alpha value is -0.810. The summed E-state index contributed by atoms with van der Waals surface area (Å²) >= 11 is 7.00. The Balaban J connectivity index is 2.24. The van der Waals surface area contributed by atoms with Gasteiger partial charge in [0.15, 0.2) is 0 Å². The third-order valence-electron chi connectivity index (χ3n) is 2.94. The summed E-state index contributed by atoms with van der Waals surface area (Å²) in [7, 11) is 0. The highest BCUT2D eigenvalue weighted by atomic mass is 79.9. The maximum absolute atomic E-state index is 6.14. The lowest BCUT2D eigenvalue weighted by Crippen LogP contribution is -2.11. The third kappa shape index (κ3) is 3.85. The number of halogens is 2. The molecule has 0 aliphatic rings. The van der Waals surface area contributed by atoms with Crippen molar-refractivity contribution in [1.82, 2.24) is 9.78 Å². The Kier molecular flexibility index (Phi) is 4.59. The fourth-order valence-electron chi connectivity index (χ4n) is 2.00. The molecule has 108 valence electrons. The molecule has 0 aliphatic heterocycles. The topological polar surface area (TPSA) is 43.8 Å². The fraction of sp³-hybridized carbons (Fsp3) is 0.400. The Morgan fingerprint density at radius 1 is 1.15 bits per heavy atom. The van der Waals surface area contributed by atoms with Crippen molar-refractivity contribution in [3.05, 3.63) is 44.5 Å². The van der Waals surface area contributed by atoms with Crippen LogP contribution in [-0.4, -0.2) is 9.78 Å². The maximum atomic E-state index is 6.14. The molecule has 0 fully saturated rings. The van der Waals surface area contributed by atoms with Gasteiger partial charge in [0.25, 0.3) is 0 Å². The molecule has 0 saturated heterocycles. The zero-order chi connectivity index (χ0) is 14.9. The number of nitrogens with two attached hydrogens (primary N) is 1. The summed E-state index contributed by atoms with van der Waals surface area (Å²) in [4.78, 5) is 0. The summed E-state index contributed by atoms with van der Waals surface area (Å²) < 4.78 is 3.85. The monoisotopic (exact) mass is 399 g/mol. The second-order valence-electron chi connectivity index (χ2n) is 6.17. The normalized spacial score (nSPS) is 11.8. The molecule has 0 bridgehead atoms. The minimum atomic E-state index is 0.186. The van der Waals surface area contributed by atoms with Gasteiger partial charge in [-0.1, -0.05) is 48.8 Å². The zero-order valence-electron chi connectivity index (χ0n) is 12.0. The first-order valence-corrected chi connectivity index (χ1v) is 8.10. The second kappa shape index (κ2) is 5.90. The SMILES string of the molecule is CC(C)(C)Cc1nn(Cc2ccc(Br)cc2)c(N)c1Br. The predicted octanol–water partition coefficient (Wildman–Crippen LogP) is 4.63. The molecule has 0 atom stereocenters. The molecule has 1 heterocycles. The van der Waals surface area contributed by atoms with Crippen molar-refractivity contribution in [3.8, 4) is 0 Å². The van der Waals surface area contributed by atoms with E-state index in [0.717, 1.165) is 21.1 Å². The van der Waals surface area contributed by atoms with Gasteiger partial charge in [0.05, 0.1) is 16.7 Å². The van der Waals surface area contributed by atoms with Gasteiger partial charge in [-0.3, -0.25) is 0 Å². The van der Waals surface area contributed by atoms with Gasteiger partial charge in [0, 0.05) is 4.47 Å². The maximum Gasteiger partial charge on any atom is 0.136 e. The first-order valence-electron chi connectivity index (χ1n) is 6.51. The smallest absolute Gasteiger partial charge is 0.136 e. The quantitative estimate of drug-likeness (QED) is 0.816. The molecule has 1 aromatic heterocycles.